The van der Waals surface area contributed by atoms with Gasteiger partial charge in [0.25, 0.3) is 0 Å². The number of nitrogens with one attached hydrogen (secondary N) is 1. The second-order valence-electron chi connectivity index (χ2n) is 9.48. The van der Waals surface area contributed by atoms with Crippen molar-refractivity contribution in [1.29, 1.82) is 0 Å². The minimum atomic E-state index is -4.76. The SMILES string of the molecule is O=S(=O)(NCCc1cccc(F)c1)c1cc(-c2ccc(COc3cccc4ccccc34)cc2)cc(C(F)(F)F)c1. The van der Waals surface area contributed by atoms with Crippen molar-refractivity contribution >= 4 is 20.8 Å². The summed E-state index contributed by atoms with van der Waals surface area (Å²) in [6, 6.07) is 28.7. The van der Waals surface area contributed by atoms with Crippen LogP contribution in [-0.4, -0.2) is 15.0 Å². The van der Waals surface area contributed by atoms with Crippen LogP contribution in [-0.2, 0) is 29.2 Å². The van der Waals surface area contributed by atoms with Crippen LogP contribution in [0.1, 0.15) is 16.7 Å². The third kappa shape index (κ3) is 6.93. The van der Waals surface area contributed by atoms with Crippen LogP contribution >= 0.6 is 0 Å². The van der Waals surface area contributed by atoms with E-state index in [1.54, 1.807) is 30.3 Å². The molecule has 0 bridgehead atoms. The molecule has 4 nitrogen and oxygen atoms in total. The smallest absolute Gasteiger partial charge is 0.416 e. The van der Waals surface area contributed by atoms with Crippen molar-refractivity contribution in [2.45, 2.75) is 24.1 Å². The fourth-order valence-corrected chi connectivity index (χ4v) is 5.57. The Hall–Kier alpha value is -4.21. The van der Waals surface area contributed by atoms with Crippen LogP contribution in [0.15, 0.2) is 114 Å². The van der Waals surface area contributed by atoms with Gasteiger partial charge in [0.15, 0.2) is 0 Å². The van der Waals surface area contributed by atoms with Gasteiger partial charge in [-0.1, -0.05) is 72.8 Å². The van der Waals surface area contributed by atoms with E-state index in [1.807, 2.05) is 42.5 Å². The maximum atomic E-state index is 13.7. The third-order valence-corrected chi connectivity index (χ3v) is 8.01. The molecule has 0 atom stereocenters. The first-order chi connectivity index (χ1) is 19.6. The van der Waals surface area contributed by atoms with Crippen molar-refractivity contribution in [1.82, 2.24) is 4.72 Å². The first-order valence-electron chi connectivity index (χ1n) is 12.7. The lowest BCUT2D eigenvalue weighted by atomic mass is 10.0. The van der Waals surface area contributed by atoms with Gasteiger partial charge in [-0.05, 0) is 70.5 Å². The van der Waals surface area contributed by atoms with Gasteiger partial charge in [-0.15, -0.1) is 0 Å². The summed E-state index contributed by atoms with van der Waals surface area (Å²) in [7, 11) is -4.28. The van der Waals surface area contributed by atoms with E-state index in [4.69, 9.17) is 4.74 Å². The van der Waals surface area contributed by atoms with Crippen LogP contribution in [0.3, 0.4) is 0 Å². The molecule has 41 heavy (non-hydrogen) atoms. The molecule has 5 rings (SSSR count). The lowest BCUT2D eigenvalue weighted by molar-refractivity contribution is -0.137. The summed E-state index contributed by atoms with van der Waals surface area (Å²) in [5.74, 6) is 0.254. The van der Waals surface area contributed by atoms with E-state index in [9.17, 15) is 26.0 Å². The van der Waals surface area contributed by atoms with E-state index in [0.717, 1.165) is 22.4 Å². The largest absolute Gasteiger partial charge is 0.488 e. The zero-order chi connectivity index (χ0) is 29.0. The molecule has 0 unspecified atom stereocenters. The Morgan fingerprint density at radius 2 is 1.46 bits per heavy atom. The maximum Gasteiger partial charge on any atom is 0.416 e. The van der Waals surface area contributed by atoms with Gasteiger partial charge in [0.2, 0.25) is 10.0 Å². The van der Waals surface area contributed by atoms with Crippen molar-refractivity contribution in [3.63, 3.8) is 0 Å². The maximum absolute atomic E-state index is 13.7. The number of ether oxygens (including phenoxy) is 1. The van der Waals surface area contributed by atoms with Gasteiger partial charge in [0, 0.05) is 11.9 Å². The highest BCUT2D eigenvalue weighted by atomic mass is 32.2. The van der Waals surface area contributed by atoms with Crippen molar-refractivity contribution < 1.29 is 30.7 Å². The Morgan fingerprint density at radius 3 is 2.22 bits per heavy atom. The summed E-state index contributed by atoms with van der Waals surface area (Å²) in [5.41, 5.74) is 0.791. The van der Waals surface area contributed by atoms with Crippen LogP contribution < -0.4 is 9.46 Å². The number of alkyl halides is 3. The van der Waals surface area contributed by atoms with Gasteiger partial charge in [-0.3, -0.25) is 0 Å². The number of benzene rings is 5. The van der Waals surface area contributed by atoms with Gasteiger partial charge in [-0.25, -0.2) is 17.5 Å². The number of sulfonamides is 1. The van der Waals surface area contributed by atoms with Gasteiger partial charge >= 0.3 is 6.18 Å². The summed E-state index contributed by atoms with van der Waals surface area (Å²) >= 11 is 0. The average Bonchev–Trinajstić information content (AvgIpc) is 2.95. The molecule has 0 aliphatic heterocycles. The Bertz CT molecular complexity index is 1780. The fourth-order valence-electron chi connectivity index (χ4n) is 4.47. The van der Waals surface area contributed by atoms with E-state index in [1.165, 1.54) is 24.3 Å². The molecule has 9 heteroatoms. The van der Waals surface area contributed by atoms with Crippen LogP contribution in [0.2, 0.25) is 0 Å². The number of fused-ring (bicyclic) bond motifs is 1. The molecular weight excluding hydrogens is 554 g/mol. The second-order valence-corrected chi connectivity index (χ2v) is 11.3. The molecule has 0 aliphatic carbocycles. The quantitative estimate of drug-likeness (QED) is 0.182. The molecule has 0 spiro atoms. The van der Waals surface area contributed by atoms with Gasteiger partial charge < -0.3 is 4.74 Å². The lowest BCUT2D eigenvalue weighted by Crippen LogP contribution is -2.26. The van der Waals surface area contributed by atoms with Crippen LogP contribution in [0, 0.1) is 5.82 Å². The molecule has 0 saturated carbocycles. The molecule has 0 fully saturated rings. The first-order valence-corrected chi connectivity index (χ1v) is 14.2. The molecule has 210 valence electrons. The number of rotatable bonds is 9. The molecule has 0 amide bonds. The average molecular weight is 580 g/mol. The molecule has 0 aliphatic rings. The Kier molecular flexibility index (Phi) is 8.10. The second kappa shape index (κ2) is 11.7. The molecule has 5 aromatic carbocycles. The summed E-state index contributed by atoms with van der Waals surface area (Å²) in [4.78, 5) is -0.509. The molecule has 0 heterocycles. The summed E-state index contributed by atoms with van der Waals surface area (Å²) in [5, 5.41) is 2.01. The van der Waals surface area contributed by atoms with Crippen molar-refractivity contribution in [2.75, 3.05) is 6.54 Å². The molecular formula is C32H25F4NO3S. The monoisotopic (exact) mass is 579 g/mol. The Balaban J connectivity index is 1.35. The van der Waals surface area contributed by atoms with Gasteiger partial charge in [0.1, 0.15) is 18.2 Å². The highest BCUT2D eigenvalue weighted by molar-refractivity contribution is 7.89. The predicted molar refractivity (Wildman–Crippen MR) is 150 cm³/mol. The van der Waals surface area contributed by atoms with E-state index in [-0.39, 0.29) is 25.1 Å². The van der Waals surface area contributed by atoms with Crippen molar-refractivity contribution in [3.05, 3.63) is 132 Å². The van der Waals surface area contributed by atoms with Gasteiger partial charge in [0.05, 0.1) is 10.5 Å². The van der Waals surface area contributed by atoms with E-state index < -0.39 is 32.5 Å². The molecule has 5 aromatic rings. The topological polar surface area (TPSA) is 55.4 Å². The van der Waals surface area contributed by atoms with Crippen LogP contribution in [0.25, 0.3) is 21.9 Å². The van der Waals surface area contributed by atoms with Gasteiger partial charge in [-0.2, -0.15) is 13.2 Å². The minimum Gasteiger partial charge on any atom is -0.488 e. The predicted octanol–water partition coefficient (Wildman–Crippen LogP) is 7.76. The lowest BCUT2D eigenvalue weighted by Gasteiger charge is -2.14. The molecule has 0 radical (unpaired) electrons. The zero-order valence-corrected chi connectivity index (χ0v) is 22.5. The highest BCUT2D eigenvalue weighted by Crippen LogP contribution is 2.35. The van der Waals surface area contributed by atoms with Crippen molar-refractivity contribution in [3.8, 4) is 16.9 Å². The van der Waals surface area contributed by atoms with E-state index in [0.29, 0.717) is 22.9 Å². The molecule has 0 saturated heterocycles. The normalized spacial score (nSPS) is 12.0. The minimum absolute atomic E-state index is 0.104. The first kappa shape index (κ1) is 28.3. The van der Waals surface area contributed by atoms with Crippen molar-refractivity contribution in [2.24, 2.45) is 0 Å². The van der Waals surface area contributed by atoms with Crippen LogP contribution in [0.4, 0.5) is 17.6 Å². The summed E-state index contributed by atoms with van der Waals surface area (Å²) < 4.78 is 88.8. The zero-order valence-electron chi connectivity index (χ0n) is 21.7. The molecule has 1 N–H and O–H groups in total. The number of hydrogen-bond acceptors (Lipinski definition) is 3. The van der Waals surface area contributed by atoms with E-state index in [2.05, 4.69) is 4.72 Å². The van der Waals surface area contributed by atoms with Crippen LogP contribution in [0.5, 0.6) is 5.75 Å². The third-order valence-electron chi connectivity index (χ3n) is 6.57. The summed E-state index contributed by atoms with van der Waals surface area (Å²) in [6.45, 7) is 0.133. The Morgan fingerprint density at radius 1 is 0.732 bits per heavy atom. The summed E-state index contributed by atoms with van der Waals surface area (Å²) in [6.07, 6.45) is -4.58. The highest BCUT2D eigenvalue weighted by Gasteiger charge is 2.32. The standard InChI is InChI=1S/C32H25F4NO3S/c33-28-8-3-5-22(17-28)15-16-37-41(38,39)29-19-26(18-27(20-29)32(34,35)36)24-13-11-23(12-14-24)21-40-31-10-4-7-25-6-1-2-9-30(25)31/h1-14,17-20,37H,15-16,21H2. The fraction of sp³-hybridized carbons (Fsp3) is 0.125. The van der Waals surface area contributed by atoms with E-state index >= 15 is 0 Å². The number of halogens is 4. The Labute approximate surface area is 235 Å². The molecule has 0 aromatic heterocycles. The number of hydrogen-bond donors (Lipinski definition) is 1.